The monoisotopic (exact) mass is 613 g/mol. The number of carbonyl (C=O) groups is 3. The molecule has 2 aliphatic rings. The predicted octanol–water partition coefficient (Wildman–Crippen LogP) is 2.31. The molecule has 12 heteroatoms. The van der Waals surface area contributed by atoms with E-state index in [1.54, 1.807) is 13.0 Å². The summed E-state index contributed by atoms with van der Waals surface area (Å²) in [5.41, 5.74) is 1.61. The summed E-state index contributed by atoms with van der Waals surface area (Å²) in [4.78, 5) is 40.3. The fourth-order valence-corrected chi connectivity index (χ4v) is 6.15. The fraction of sp³-hybridized carbons (Fsp3) is 0.516. The van der Waals surface area contributed by atoms with Crippen LogP contribution in [0.25, 0.3) is 0 Å². The number of aliphatic hydroxyl groups excluding tert-OH is 1. The molecule has 0 bridgehead atoms. The molecule has 3 amide bonds. The third-order valence-electron chi connectivity index (χ3n) is 7.93. The SMILES string of the molecule is C[C@H](NC[C@@H](O)[C@H](Cc1ccccc1)NC(=O)c1cc(NS(C)(=O)=O)cc(N2CCCC2=O)c1)C(=O)NC1CCCCC1. The summed E-state index contributed by atoms with van der Waals surface area (Å²) < 4.78 is 26.3. The minimum Gasteiger partial charge on any atom is -0.390 e. The second kappa shape index (κ2) is 14.8. The molecule has 1 aliphatic carbocycles. The summed E-state index contributed by atoms with van der Waals surface area (Å²) in [7, 11) is -3.65. The van der Waals surface area contributed by atoms with Crippen LogP contribution in [0.15, 0.2) is 48.5 Å². The molecule has 3 atom stereocenters. The first-order valence-corrected chi connectivity index (χ1v) is 16.9. The molecule has 2 fully saturated rings. The van der Waals surface area contributed by atoms with Gasteiger partial charge in [0.1, 0.15) is 0 Å². The zero-order chi connectivity index (χ0) is 31.0. The van der Waals surface area contributed by atoms with E-state index in [4.69, 9.17) is 0 Å². The van der Waals surface area contributed by atoms with Crippen LogP contribution < -0.4 is 25.6 Å². The third kappa shape index (κ3) is 9.77. The average molecular weight is 614 g/mol. The largest absolute Gasteiger partial charge is 0.390 e. The van der Waals surface area contributed by atoms with Crippen molar-refractivity contribution < 1.29 is 27.9 Å². The Kier molecular flexibility index (Phi) is 11.2. The number of rotatable bonds is 13. The van der Waals surface area contributed by atoms with Crippen molar-refractivity contribution in [2.24, 2.45) is 0 Å². The summed E-state index contributed by atoms with van der Waals surface area (Å²) in [6.45, 7) is 2.27. The first kappa shape index (κ1) is 32.4. The molecule has 4 rings (SSSR count). The van der Waals surface area contributed by atoms with E-state index in [9.17, 15) is 27.9 Å². The van der Waals surface area contributed by atoms with Crippen LogP contribution >= 0.6 is 0 Å². The van der Waals surface area contributed by atoms with E-state index in [0.717, 1.165) is 37.5 Å². The Balaban J connectivity index is 1.49. The normalized spacial score (nSPS) is 18.1. The number of hydrogen-bond donors (Lipinski definition) is 5. The van der Waals surface area contributed by atoms with Gasteiger partial charge in [-0.1, -0.05) is 49.6 Å². The van der Waals surface area contributed by atoms with Gasteiger partial charge in [0.2, 0.25) is 21.8 Å². The van der Waals surface area contributed by atoms with E-state index in [-0.39, 0.29) is 35.7 Å². The lowest BCUT2D eigenvalue weighted by Crippen LogP contribution is -2.53. The minimum absolute atomic E-state index is 0.0558. The number of sulfonamides is 1. The minimum atomic E-state index is -3.65. The van der Waals surface area contributed by atoms with E-state index in [1.165, 1.54) is 23.5 Å². The van der Waals surface area contributed by atoms with Crippen molar-refractivity contribution in [3.63, 3.8) is 0 Å². The van der Waals surface area contributed by atoms with Crippen LogP contribution in [-0.4, -0.2) is 74.8 Å². The second-order valence-electron chi connectivity index (χ2n) is 11.6. The van der Waals surface area contributed by atoms with Crippen molar-refractivity contribution in [3.8, 4) is 0 Å². The van der Waals surface area contributed by atoms with Crippen LogP contribution in [-0.2, 0) is 26.0 Å². The number of hydrogen-bond acceptors (Lipinski definition) is 7. The topological polar surface area (TPSA) is 157 Å². The molecular formula is C31H43N5O6S. The third-order valence-corrected chi connectivity index (χ3v) is 8.53. The molecule has 11 nitrogen and oxygen atoms in total. The number of nitrogens with zero attached hydrogens (tertiary/aromatic N) is 1. The van der Waals surface area contributed by atoms with Crippen molar-refractivity contribution in [1.29, 1.82) is 0 Å². The van der Waals surface area contributed by atoms with Gasteiger partial charge in [-0.05, 0) is 56.4 Å². The van der Waals surface area contributed by atoms with Crippen molar-refractivity contribution in [3.05, 3.63) is 59.7 Å². The molecule has 0 radical (unpaired) electrons. The van der Waals surface area contributed by atoms with Crippen LogP contribution in [0.1, 0.15) is 67.8 Å². The fourth-order valence-electron chi connectivity index (χ4n) is 5.60. The molecule has 2 aromatic rings. The second-order valence-corrected chi connectivity index (χ2v) is 13.4. The number of aliphatic hydroxyl groups is 1. The molecule has 1 aliphatic heterocycles. The highest BCUT2D eigenvalue weighted by atomic mass is 32.2. The highest BCUT2D eigenvalue weighted by Crippen LogP contribution is 2.27. The van der Waals surface area contributed by atoms with E-state index in [2.05, 4.69) is 20.7 Å². The summed E-state index contributed by atoms with van der Waals surface area (Å²) in [6, 6.07) is 12.8. The lowest BCUT2D eigenvalue weighted by molar-refractivity contribution is -0.123. The van der Waals surface area contributed by atoms with Gasteiger partial charge < -0.3 is 26.0 Å². The standard InChI is InChI=1S/C31H43N5O6S/c1-21(30(39)33-24-12-7-4-8-13-24)32-20-28(37)27(16-22-10-5-3-6-11-22)34-31(40)23-17-25(35-43(2,41)42)19-26(18-23)36-15-9-14-29(36)38/h3,5-6,10-11,17-19,21,24,27-28,32,35,37H,4,7-9,12-16,20H2,1-2H3,(H,33,39)(H,34,40)/t21-,27-,28+/m0/s1. The lowest BCUT2D eigenvalue weighted by Gasteiger charge is -2.28. The Labute approximate surface area is 253 Å². The number of carbonyl (C=O) groups excluding carboxylic acids is 3. The maximum Gasteiger partial charge on any atom is 0.251 e. The van der Waals surface area contributed by atoms with Crippen LogP contribution in [0.2, 0.25) is 0 Å². The van der Waals surface area contributed by atoms with E-state index in [0.29, 0.717) is 31.5 Å². The molecule has 0 unspecified atom stereocenters. The zero-order valence-electron chi connectivity index (χ0n) is 24.8. The smallest absolute Gasteiger partial charge is 0.251 e. The van der Waals surface area contributed by atoms with E-state index < -0.39 is 34.1 Å². The number of anilines is 2. The van der Waals surface area contributed by atoms with E-state index in [1.807, 2.05) is 30.3 Å². The molecule has 0 aromatic heterocycles. The van der Waals surface area contributed by atoms with Gasteiger partial charge in [0.15, 0.2) is 0 Å². The van der Waals surface area contributed by atoms with E-state index >= 15 is 0 Å². The van der Waals surface area contributed by atoms with Gasteiger partial charge in [0.05, 0.1) is 30.1 Å². The quantitative estimate of drug-likeness (QED) is 0.232. The first-order valence-electron chi connectivity index (χ1n) is 15.0. The van der Waals surface area contributed by atoms with Crippen molar-refractivity contribution in [2.75, 3.05) is 29.0 Å². The molecule has 43 heavy (non-hydrogen) atoms. The maximum atomic E-state index is 13.6. The van der Waals surface area contributed by atoms with Gasteiger partial charge in [-0.2, -0.15) is 0 Å². The van der Waals surface area contributed by atoms with Crippen LogP contribution in [0.4, 0.5) is 11.4 Å². The molecule has 1 heterocycles. The Morgan fingerprint density at radius 1 is 1.05 bits per heavy atom. The molecule has 5 N–H and O–H groups in total. The Hall–Kier alpha value is -3.48. The van der Waals surface area contributed by atoms with Crippen molar-refractivity contribution in [1.82, 2.24) is 16.0 Å². The Morgan fingerprint density at radius 3 is 2.42 bits per heavy atom. The Morgan fingerprint density at radius 2 is 1.77 bits per heavy atom. The predicted molar refractivity (Wildman–Crippen MR) is 166 cm³/mol. The maximum absolute atomic E-state index is 13.6. The number of nitrogens with one attached hydrogen (secondary N) is 4. The zero-order valence-corrected chi connectivity index (χ0v) is 25.7. The van der Waals surface area contributed by atoms with Crippen LogP contribution in [0.3, 0.4) is 0 Å². The molecule has 0 spiro atoms. The highest BCUT2D eigenvalue weighted by molar-refractivity contribution is 7.92. The number of amides is 3. The summed E-state index contributed by atoms with van der Waals surface area (Å²) >= 11 is 0. The molecule has 234 valence electrons. The first-order chi connectivity index (χ1) is 20.5. The number of benzene rings is 2. The Bertz CT molecular complexity index is 1380. The van der Waals surface area contributed by atoms with Gasteiger partial charge in [-0.25, -0.2) is 8.42 Å². The van der Waals surface area contributed by atoms with Gasteiger partial charge in [0, 0.05) is 36.8 Å². The van der Waals surface area contributed by atoms with Gasteiger partial charge in [-0.15, -0.1) is 0 Å². The van der Waals surface area contributed by atoms with Crippen LogP contribution in [0, 0.1) is 0 Å². The molecular weight excluding hydrogens is 570 g/mol. The molecule has 1 saturated heterocycles. The van der Waals surface area contributed by atoms with Gasteiger partial charge in [-0.3, -0.25) is 19.1 Å². The molecule has 1 saturated carbocycles. The summed E-state index contributed by atoms with van der Waals surface area (Å²) in [5, 5.41) is 20.3. The van der Waals surface area contributed by atoms with Gasteiger partial charge >= 0.3 is 0 Å². The average Bonchev–Trinajstić information content (AvgIpc) is 3.41. The van der Waals surface area contributed by atoms with Crippen molar-refractivity contribution >= 4 is 39.1 Å². The van der Waals surface area contributed by atoms with Gasteiger partial charge in [0.25, 0.3) is 5.91 Å². The summed E-state index contributed by atoms with van der Waals surface area (Å²) in [5.74, 6) is -0.761. The van der Waals surface area contributed by atoms with Crippen molar-refractivity contribution in [2.45, 2.75) is 82.5 Å². The van der Waals surface area contributed by atoms with Crippen LogP contribution in [0.5, 0.6) is 0 Å². The molecule has 2 aromatic carbocycles. The lowest BCUT2D eigenvalue weighted by atomic mass is 9.95. The summed E-state index contributed by atoms with van der Waals surface area (Å²) in [6.07, 6.45) is 6.67. The highest BCUT2D eigenvalue weighted by Gasteiger charge is 2.27.